The molecule has 1 unspecified atom stereocenters. The van der Waals surface area contributed by atoms with Crippen LogP contribution < -0.4 is 10.2 Å². The van der Waals surface area contributed by atoms with Crippen molar-refractivity contribution in [3.63, 3.8) is 0 Å². The minimum Gasteiger partial charge on any atom is -0.494 e. The van der Waals surface area contributed by atoms with Crippen molar-refractivity contribution in [3.8, 4) is 5.75 Å². The molecule has 7 heteroatoms. The Morgan fingerprint density at radius 3 is 2.72 bits per heavy atom. The average Bonchev–Trinajstić information content (AvgIpc) is 2.99. The quantitative estimate of drug-likeness (QED) is 0.641. The van der Waals surface area contributed by atoms with E-state index in [-0.39, 0.29) is 17.1 Å². The van der Waals surface area contributed by atoms with E-state index in [1.165, 1.54) is 0 Å². The van der Waals surface area contributed by atoms with E-state index >= 15 is 0 Å². The number of carbonyl (C=O) groups is 1. The molecule has 0 saturated carbocycles. The highest BCUT2D eigenvalue weighted by Crippen LogP contribution is 2.37. The Labute approximate surface area is 168 Å². The zero-order chi connectivity index (χ0) is 20.5. The maximum absolute atomic E-state index is 13.4. The zero-order valence-corrected chi connectivity index (χ0v) is 16.7. The van der Waals surface area contributed by atoms with Gasteiger partial charge in [0.2, 0.25) is 5.76 Å². The van der Waals surface area contributed by atoms with Crippen LogP contribution in [0, 0.1) is 0 Å². The first kappa shape index (κ1) is 19.1. The number of likely N-dealkylation sites (N-methyl/N-ethyl adjacent to an activating group) is 1. The largest absolute Gasteiger partial charge is 0.494 e. The van der Waals surface area contributed by atoms with Crippen molar-refractivity contribution >= 4 is 16.9 Å². The summed E-state index contributed by atoms with van der Waals surface area (Å²) in [6, 6.07) is 10.0. The smallest absolute Gasteiger partial charge is 0.291 e. The summed E-state index contributed by atoms with van der Waals surface area (Å²) in [6.07, 6.45) is 1.67. The SMILES string of the molecule is CCOc1ccc2c(=O)c3c(oc2c1)C(=O)N(CCN(C)C)C3c1ccccn1. The highest BCUT2D eigenvalue weighted by atomic mass is 16.5. The molecule has 29 heavy (non-hydrogen) atoms. The first-order valence-electron chi connectivity index (χ1n) is 9.61. The van der Waals surface area contributed by atoms with Crippen LogP contribution in [0.5, 0.6) is 5.75 Å². The van der Waals surface area contributed by atoms with Gasteiger partial charge in [0, 0.05) is 25.4 Å². The first-order chi connectivity index (χ1) is 14.0. The van der Waals surface area contributed by atoms with Gasteiger partial charge < -0.3 is 19.0 Å². The number of ether oxygens (including phenoxy) is 1. The van der Waals surface area contributed by atoms with Crippen molar-refractivity contribution in [1.82, 2.24) is 14.8 Å². The molecule has 1 atom stereocenters. The number of hydrogen-bond acceptors (Lipinski definition) is 6. The van der Waals surface area contributed by atoms with E-state index in [1.54, 1.807) is 29.3 Å². The monoisotopic (exact) mass is 393 g/mol. The molecule has 1 aromatic carbocycles. The second-order valence-corrected chi connectivity index (χ2v) is 7.22. The van der Waals surface area contributed by atoms with Gasteiger partial charge in [-0.05, 0) is 45.3 Å². The van der Waals surface area contributed by atoms with E-state index in [1.807, 2.05) is 44.1 Å². The van der Waals surface area contributed by atoms with Crippen LogP contribution in [0.15, 0.2) is 51.8 Å². The summed E-state index contributed by atoms with van der Waals surface area (Å²) in [5, 5.41) is 0.426. The predicted octanol–water partition coefficient (Wildman–Crippen LogP) is 2.69. The molecule has 1 aliphatic rings. The topological polar surface area (TPSA) is 75.9 Å². The van der Waals surface area contributed by atoms with Gasteiger partial charge in [-0.25, -0.2) is 0 Å². The Morgan fingerprint density at radius 1 is 1.21 bits per heavy atom. The second kappa shape index (κ2) is 7.67. The van der Waals surface area contributed by atoms with E-state index in [9.17, 15) is 9.59 Å². The Bertz CT molecular complexity index is 1110. The average molecular weight is 393 g/mol. The van der Waals surface area contributed by atoms with E-state index in [0.717, 1.165) is 0 Å². The van der Waals surface area contributed by atoms with Gasteiger partial charge in [-0.15, -0.1) is 0 Å². The van der Waals surface area contributed by atoms with Crippen LogP contribution in [0.4, 0.5) is 0 Å². The Balaban J connectivity index is 1.90. The van der Waals surface area contributed by atoms with E-state index in [0.29, 0.717) is 47.7 Å². The molecule has 0 radical (unpaired) electrons. The first-order valence-corrected chi connectivity index (χ1v) is 9.61. The van der Waals surface area contributed by atoms with E-state index < -0.39 is 6.04 Å². The van der Waals surface area contributed by atoms with Gasteiger partial charge in [0.05, 0.1) is 23.3 Å². The summed E-state index contributed by atoms with van der Waals surface area (Å²) >= 11 is 0. The Kier molecular flexibility index (Phi) is 5.07. The van der Waals surface area contributed by atoms with Gasteiger partial charge >= 0.3 is 0 Å². The molecular weight excluding hydrogens is 370 g/mol. The third kappa shape index (κ3) is 3.38. The molecule has 0 fully saturated rings. The maximum Gasteiger partial charge on any atom is 0.291 e. The molecule has 1 aliphatic heterocycles. The van der Waals surface area contributed by atoms with Crippen LogP contribution in [-0.4, -0.2) is 54.5 Å². The van der Waals surface area contributed by atoms with Gasteiger partial charge in [-0.1, -0.05) is 6.07 Å². The van der Waals surface area contributed by atoms with Gasteiger partial charge in [0.1, 0.15) is 17.4 Å². The fraction of sp³-hybridized carbons (Fsp3) is 0.318. The minimum absolute atomic E-state index is 0.0885. The molecule has 0 saturated heterocycles. The second-order valence-electron chi connectivity index (χ2n) is 7.22. The molecule has 3 heterocycles. The molecule has 1 amide bonds. The maximum atomic E-state index is 13.4. The number of fused-ring (bicyclic) bond motifs is 2. The molecule has 0 bridgehead atoms. The molecule has 3 aromatic rings. The summed E-state index contributed by atoms with van der Waals surface area (Å²) in [5.41, 5.74) is 1.14. The van der Waals surface area contributed by atoms with Crippen LogP contribution >= 0.6 is 0 Å². The van der Waals surface area contributed by atoms with Crippen molar-refractivity contribution < 1.29 is 13.9 Å². The lowest BCUT2D eigenvalue weighted by Crippen LogP contribution is -2.35. The van der Waals surface area contributed by atoms with Crippen molar-refractivity contribution in [3.05, 3.63) is 69.8 Å². The Hall–Kier alpha value is -3.19. The van der Waals surface area contributed by atoms with Crippen molar-refractivity contribution in [2.75, 3.05) is 33.8 Å². The molecule has 0 spiro atoms. The number of pyridine rings is 1. The zero-order valence-electron chi connectivity index (χ0n) is 16.7. The Morgan fingerprint density at radius 2 is 2.03 bits per heavy atom. The highest BCUT2D eigenvalue weighted by Gasteiger charge is 2.43. The van der Waals surface area contributed by atoms with Gasteiger partial charge in [-0.3, -0.25) is 14.6 Å². The van der Waals surface area contributed by atoms with Gasteiger partial charge in [0.15, 0.2) is 5.43 Å². The van der Waals surface area contributed by atoms with Crippen LogP contribution in [0.2, 0.25) is 0 Å². The summed E-state index contributed by atoms with van der Waals surface area (Å²) in [5.74, 6) is 0.392. The number of rotatable bonds is 6. The highest BCUT2D eigenvalue weighted by molar-refractivity contribution is 5.99. The lowest BCUT2D eigenvalue weighted by atomic mass is 10.0. The number of amides is 1. The standard InChI is InChI=1S/C22H23N3O4/c1-4-28-14-8-9-15-17(13-14)29-21-18(20(15)26)19(16-7-5-6-10-23-16)25(22(21)27)12-11-24(2)3/h5-10,13,19H,4,11-12H2,1-3H3. The predicted molar refractivity (Wildman–Crippen MR) is 109 cm³/mol. The number of aromatic nitrogens is 1. The molecule has 7 nitrogen and oxygen atoms in total. The molecule has 0 aliphatic carbocycles. The van der Waals surface area contributed by atoms with Crippen LogP contribution in [-0.2, 0) is 0 Å². The summed E-state index contributed by atoms with van der Waals surface area (Å²) in [6.45, 7) is 3.49. The lowest BCUT2D eigenvalue weighted by molar-refractivity contribution is 0.0714. The molecule has 2 aromatic heterocycles. The van der Waals surface area contributed by atoms with Gasteiger partial charge in [0.25, 0.3) is 5.91 Å². The normalized spacial score (nSPS) is 15.9. The van der Waals surface area contributed by atoms with Crippen LogP contribution in [0.3, 0.4) is 0 Å². The van der Waals surface area contributed by atoms with Crippen molar-refractivity contribution in [1.29, 1.82) is 0 Å². The summed E-state index contributed by atoms with van der Waals surface area (Å²) in [7, 11) is 3.88. The third-order valence-electron chi connectivity index (χ3n) is 5.01. The van der Waals surface area contributed by atoms with Crippen LogP contribution in [0.25, 0.3) is 11.0 Å². The van der Waals surface area contributed by atoms with Crippen molar-refractivity contribution in [2.24, 2.45) is 0 Å². The minimum atomic E-state index is -0.564. The molecular formula is C22H23N3O4. The molecule has 0 N–H and O–H groups in total. The lowest BCUT2D eigenvalue weighted by Gasteiger charge is -2.25. The number of hydrogen-bond donors (Lipinski definition) is 0. The number of benzene rings is 1. The fourth-order valence-corrected chi connectivity index (χ4v) is 3.64. The van der Waals surface area contributed by atoms with E-state index in [4.69, 9.17) is 9.15 Å². The molecule has 150 valence electrons. The number of nitrogens with zero attached hydrogens (tertiary/aromatic N) is 3. The van der Waals surface area contributed by atoms with E-state index in [2.05, 4.69) is 4.98 Å². The van der Waals surface area contributed by atoms with Crippen molar-refractivity contribution in [2.45, 2.75) is 13.0 Å². The third-order valence-corrected chi connectivity index (χ3v) is 5.01. The summed E-state index contributed by atoms with van der Waals surface area (Å²) in [4.78, 5) is 34.7. The molecule has 4 rings (SSSR count). The number of carbonyl (C=O) groups excluding carboxylic acids is 1. The fourth-order valence-electron chi connectivity index (χ4n) is 3.64. The van der Waals surface area contributed by atoms with Gasteiger partial charge in [-0.2, -0.15) is 0 Å². The van der Waals surface area contributed by atoms with Crippen LogP contribution in [0.1, 0.15) is 34.8 Å². The summed E-state index contributed by atoms with van der Waals surface area (Å²) < 4.78 is 11.5.